The Morgan fingerprint density at radius 3 is 2.30 bits per heavy atom. The highest BCUT2D eigenvalue weighted by Gasteiger charge is 2.37. The van der Waals surface area contributed by atoms with E-state index >= 15 is 0 Å². The lowest BCUT2D eigenvalue weighted by Crippen LogP contribution is -2.47. The molecule has 2 aliphatic rings. The fourth-order valence-electron chi connectivity index (χ4n) is 6.45. The average molecular weight is 640 g/mol. The molecule has 1 fully saturated rings. The van der Waals surface area contributed by atoms with Gasteiger partial charge in [-0.15, -0.1) is 0 Å². The van der Waals surface area contributed by atoms with E-state index in [1.807, 2.05) is 84.4 Å². The van der Waals surface area contributed by atoms with E-state index in [1.54, 1.807) is 7.11 Å². The first-order valence-corrected chi connectivity index (χ1v) is 17.5. The van der Waals surface area contributed by atoms with Gasteiger partial charge in [0, 0.05) is 29.7 Å². The summed E-state index contributed by atoms with van der Waals surface area (Å²) in [7, 11) is 0.0961. The van der Waals surface area contributed by atoms with Gasteiger partial charge in [-0.05, 0) is 110 Å². The number of amides is 1. The largest absolute Gasteiger partial charge is 0.493 e. The van der Waals surface area contributed by atoms with Gasteiger partial charge in [0.2, 0.25) is 5.91 Å². The van der Waals surface area contributed by atoms with Crippen molar-refractivity contribution in [3.05, 3.63) is 82.4 Å². The van der Waals surface area contributed by atoms with Crippen LogP contribution in [0, 0.1) is 5.92 Å². The van der Waals surface area contributed by atoms with Crippen LogP contribution in [0.25, 0.3) is 0 Å². The number of nitrogens with zero attached hydrogens (tertiary/aromatic N) is 2. The fraction of sp³-hybridized carbons (Fsp3) is 0.441. The molecule has 2 unspecified atom stereocenters. The number of piperidine rings is 1. The molecule has 0 saturated carbocycles. The van der Waals surface area contributed by atoms with Crippen molar-refractivity contribution in [1.29, 1.82) is 0 Å². The Bertz CT molecular complexity index is 1570. The summed E-state index contributed by atoms with van der Waals surface area (Å²) < 4.78 is 37.8. The predicted molar refractivity (Wildman–Crippen MR) is 177 cm³/mol. The number of methoxy groups -OCH3 is 1. The molecule has 3 aromatic rings. The van der Waals surface area contributed by atoms with Crippen molar-refractivity contribution < 1.29 is 22.7 Å². The van der Waals surface area contributed by atoms with E-state index in [0.717, 1.165) is 60.4 Å². The number of nitrogens with one attached hydrogen (secondary N) is 1. The lowest BCUT2D eigenvalue weighted by molar-refractivity contribution is -0.118. The molecule has 0 radical (unpaired) electrons. The zero-order valence-corrected chi connectivity index (χ0v) is 27.6. The van der Waals surface area contributed by atoms with Gasteiger partial charge in [0.25, 0.3) is 0 Å². The second-order valence-electron chi connectivity index (χ2n) is 11.9. The normalized spacial score (nSPS) is 18.8. The topological polar surface area (TPSA) is 88.2 Å². The van der Waals surface area contributed by atoms with Crippen LogP contribution in [0.5, 0.6) is 11.5 Å². The number of rotatable bonds is 10. The quantitative estimate of drug-likeness (QED) is 0.291. The number of sulfone groups is 1. The molecule has 2 heterocycles. The van der Waals surface area contributed by atoms with Crippen molar-refractivity contribution in [3.63, 3.8) is 0 Å². The highest BCUT2D eigenvalue weighted by Crippen LogP contribution is 2.44. The molecule has 8 nitrogen and oxygen atoms in total. The summed E-state index contributed by atoms with van der Waals surface area (Å²) >= 11 is 6.26. The maximum Gasteiger partial charge on any atom is 0.232 e. The van der Waals surface area contributed by atoms with Crippen molar-refractivity contribution in [2.24, 2.45) is 5.92 Å². The Morgan fingerprint density at radius 1 is 1.05 bits per heavy atom. The van der Waals surface area contributed by atoms with E-state index in [1.165, 1.54) is 6.26 Å². The maximum atomic E-state index is 13.9. The lowest BCUT2D eigenvalue weighted by atomic mass is 9.86. The predicted octanol–water partition coefficient (Wildman–Crippen LogP) is 6.01. The molecule has 236 valence electrons. The summed E-state index contributed by atoms with van der Waals surface area (Å²) in [5.74, 6) is 1.21. The fourth-order valence-corrected chi connectivity index (χ4v) is 8.25. The molecular weight excluding hydrogens is 598 g/mol. The van der Waals surface area contributed by atoms with Crippen molar-refractivity contribution in [3.8, 4) is 11.5 Å². The van der Waals surface area contributed by atoms with Gasteiger partial charge < -0.3 is 24.6 Å². The monoisotopic (exact) mass is 639 g/mol. The van der Waals surface area contributed by atoms with Gasteiger partial charge in [-0.25, -0.2) is 8.42 Å². The third-order valence-electron chi connectivity index (χ3n) is 8.82. The average Bonchev–Trinajstić information content (AvgIpc) is 3.00. The number of anilines is 2. The highest BCUT2D eigenvalue weighted by atomic mass is 35.5. The van der Waals surface area contributed by atoms with E-state index in [0.29, 0.717) is 16.5 Å². The Kier molecular flexibility index (Phi) is 9.77. The number of halogens is 1. The minimum Gasteiger partial charge on any atom is -0.493 e. The molecule has 1 saturated heterocycles. The molecule has 1 amide bonds. The standard InChI is InChI=1S/C34H42ClN3O5S/c1-6-22(2)43-31-21-29-25(19-30(31)42-4)20-32(39)38(33(29)23-7-9-26(35)10-8-23)28-13-11-27(12-14-28)37(3)34(44(5,40)41)24-15-17-36-18-16-24/h7-14,19,21-22,24,33-34,36H,6,15-18,20H2,1-5H3/t22-,33?,34?/m1/s1. The van der Waals surface area contributed by atoms with Crippen LogP contribution in [0.3, 0.4) is 0 Å². The van der Waals surface area contributed by atoms with Gasteiger partial charge in [0.1, 0.15) is 5.37 Å². The van der Waals surface area contributed by atoms with Crippen LogP contribution >= 0.6 is 11.6 Å². The summed E-state index contributed by atoms with van der Waals surface area (Å²) in [4.78, 5) is 17.6. The molecule has 3 aromatic carbocycles. The summed E-state index contributed by atoms with van der Waals surface area (Å²) in [5, 5.41) is 3.31. The van der Waals surface area contributed by atoms with Crippen molar-refractivity contribution in [1.82, 2.24) is 5.32 Å². The van der Waals surface area contributed by atoms with Gasteiger partial charge in [-0.1, -0.05) is 30.7 Å². The molecular formula is C34H42ClN3O5S. The van der Waals surface area contributed by atoms with Crippen LogP contribution in [0.1, 0.15) is 55.8 Å². The Morgan fingerprint density at radius 2 is 1.70 bits per heavy atom. The van der Waals surface area contributed by atoms with E-state index in [9.17, 15) is 13.2 Å². The Labute approximate surface area is 266 Å². The summed E-state index contributed by atoms with van der Waals surface area (Å²) in [6.07, 6.45) is 3.95. The molecule has 44 heavy (non-hydrogen) atoms. The molecule has 3 atom stereocenters. The number of fused-ring (bicyclic) bond motifs is 1. The SMILES string of the molecule is CC[C@@H](C)Oc1cc2c(cc1OC)CC(=O)N(c1ccc(N(C)C(C3CCNCC3)S(C)(=O)=O)cc1)C2c1ccc(Cl)cc1. The van der Waals surface area contributed by atoms with Crippen LogP contribution in [0.2, 0.25) is 5.02 Å². The molecule has 0 aliphatic carbocycles. The maximum absolute atomic E-state index is 13.9. The third-order valence-corrected chi connectivity index (χ3v) is 10.7. The number of carbonyl (C=O) groups is 1. The number of hydrogen-bond acceptors (Lipinski definition) is 7. The molecule has 5 rings (SSSR count). The second kappa shape index (κ2) is 13.4. The Hall–Kier alpha value is -3.27. The molecule has 1 N–H and O–H groups in total. The number of hydrogen-bond donors (Lipinski definition) is 1. The van der Waals surface area contributed by atoms with Gasteiger partial charge in [0.05, 0.1) is 25.7 Å². The van der Waals surface area contributed by atoms with Crippen LogP contribution in [0.4, 0.5) is 11.4 Å². The minimum atomic E-state index is -3.35. The number of ether oxygens (including phenoxy) is 2. The van der Waals surface area contributed by atoms with Crippen LogP contribution in [-0.4, -0.2) is 59.3 Å². The van der Waals surface area contributed by atoms with Crippen molar-refractivity contribution in [2.45, 2.75) is 57.1 Å². The molecule has 10 heteroatoms. The zero-order chi connectivity index (χ0) is 31.6. The van der Waals surface area contributed by atoms with Crippen LogP contribution < -0.4 is 24.6 Å². The summed E-state index contributed by atoms with van der Waals surface area (Å²) in [6.45, 7) is 5.70. The first kappa shape index (κ1) is 32.1. The van der Waals surface area contributed by atoms with Crippen LogP contribution in [-0.2, 0) is 21.1 Å². The minimum absolute atomic E-state index is 0.0116. The van der Waals surface area contributed by atoms with E-state index in [4.69, 9.17) is 21.1 Å². The van der Waals surface area contributed by atoms with Gasteiger partial charge in [0.15, 0.2) is 21.3 Å². The molecule has 0 aromatic heterocycles. The smallest absolute Gasteiger partial charge is 0.232 e. The number of benzene rings is 3. The summed E-state index contributed by atoms with van der Waals surface area (Å²) in [6, 6.07) is 18.6. The second-order valence-corrected chi connectivity index (χ2v) is 14.4. The molecule has 0 bridgehead atoms. The van der Waals surface area contributed by atoms with Crippen LogP contribution in [0.15, 0.2) is 60.7 Å². The summed E-state index contributed by atoms with van der Waals surface area (Å²) in [5.41, 5.74) is 4.25. The zero-order valence-electron chi connectivity index (χ0n) is 26.0. The van der Waals surface area contributed by atoms with E-state index in [2.05, 4.69) is 12.2 Å². The van der Waals surface area contributed by atoms with E-state index in [-0.39, 0.29) is 24.3 Å². The van der Waals surface area contributed by atoms with Gasteiger partial charge >= 0.3 is 0 Å². The van der Waals surface area contributed by atoms with Crippen molar-refractivity contribution >= 4 is 38.7 Å². The first-order valence-electron chi connectivity index (χ1n) is 15.2. The number of carbonyl (C=O) groups excluding carboxylic acids is 1. The van der Waals surface area contributed by atoms with E-state index < -0.39 is 21.3 Å². The molecule has 2 aliphatic heterocycles. The lowest BCUT2D eigenvalue weighted by Gasteiger charge is -2.39. The first-order chi connectivity index (χ1) is 21.0. The third kappa shape index (κ3) is 6.70. The highest BCUT2D eigenvalue weighted by molar-refractivity contribution is 7.91. The van der Waals surface area contributed by atoms with Gasteiger partial charge in [-0.2, -0.15) is 0 Å². The van der Waals surface area contributed by atoms with Gasteiger partial charge in [-0.3, -0.25) is 4.79 Å². The van der Waals surface area contributed by atoms with Crippen molar-refractivity contribution in [2.75, 3.05) is 43.3 Å². The Balaban J connectivity index is 1.55. The molecule has 0 spiro atoms.